The van der Waals surface area contributed by atoms with Gasteiger partial charge in [0, 0.05) is 95.3 Å². The van der Waals surface area contributed by atoms with E-state index in [9.17, 15) is 63.6 Å². The van der Waals surface area contributed by atoms with E-state index in [0.29, 0.717) is 57.1 Å². The predicted molar refractivity (Wildman–Crippen MR) is 469 cm³/mol. The highest BCUT2D eigenvalue weighted by Gasteiger charge is 2.44. The summed E-state index contributed by atoms with van der Waals surface area (Å²) in [4.78, 5) is 242. The van der Waals surface area contributed by atoms with Crippen molar-refractivity contribution in [2.24, 2.45) is 11.7 Å². The zero-order valence-electron chi connectivity index (χ0n) is 71.6. The van der Waals surface area contributed by atoms with Crippen molar-refractivity contribution in [2.45, 2.75) is 158 Å². The molecule has 11 atom stereocenters. The summed E-state index contributed by atoms with van der Waals surface area (Å²) < 4.78 is 0. The molecule has 37 heteroatoms. The lowest BCUT2D eigenvalue weighted by molar-refractivity contribution is -0.145. The van der Waals surface area contributed by atoms with Gasteiger partial charge in [0.15, 0.2) is 0 Å². The van der Waals surface area contributed by atoms with E-state index in [-0.39, 0.29) is 80.2 Å². The van der Waals surface area contributed by atoms with E-state index in [1.165, 1.54) is 79.5 Å². The Morgan fingerprint density at radius 3 is 1.61 bits per heavy atom. The average molecular weight is 1770 g/mol. The smallest absolute Gasteiger partial charge is 0.305 e. The van der Waals surface area contributed by atoms with E-state index in [4.69, 9.17) is 5.73 Å². The lowest BCUT2D eigenvalue weighted by atomic mass is 9.99. The van der Waals surface area contributed by atoms with Crippen molar-refractivity contribution < 1.29 is 97.1 Å². The Balaban J connectivity index is 1.10. The number of nitrogens with zero attached hydrogens (tertiary/aromatic N) is 5. The first-order chi connectivity index (χ1) is 60.6. The van der Waals surface area contributed by atoms with E-state index in [0.717, 1.165) is 33.5 Å². The number of aromatic nitrogens is 1. The first-order valence-electron chi connectivity index (χ1n) is 41.6. The fourth-order valence-corrected chi connectivity index (χ4v) is 15.9. The van der Waals surface area contributed by atoms with Gasteiger partial charge in [0.2, 0.25) is 82.7 Å². The molecule has 0 spiro atoms. The molecule has 36 nitrogen and oxygen atoms in total. The molecule has 0 aliphatic carbocycles. The molecule has 2 aliphatic heterocycles. The molecule has 1 aromatic heterocycles. The highest BCUT2D eigenvalue weighted by molar-refractivity contribution is 8.00. The zero-order chi connectivity index (χ0) is 92.3. The van der Waals surface area contributed by atoms with Crippen molar-refractivity contribution in [3.63, 3.8) is 0 Å². The van der Waals surface area contributed by atoms with Crippen LogP contribution in [-0.4, -0.2) is 272 Å². The molecule has 676 valence electrons. The molecule has 0 radical (unpaired) electrons. The normalized spacial score (nSPS) is 22.3. The fourth-order valence-electron chi connectivity index (χ4n) is 15.0. The van der Waals surface area contributed by atoms with Crippen molar-refractivity contribution in [3.8, 4) is 11.5 Å². The van der Waals surface area contributed by atoms with Crippen LogP contribution in [0.15, 0.2) is 164 Å². The first kappa shape index (κ1) is 97.1. The number of nitrogens with two attached hydrogens (primary N) is 1. The van der Waals surface area contributed by atoms with E-state index in [1.54, 1.807) is 129 Å². The number of hydrogen-bond acceptors (Lipinski definition) is 20. The van der Waals surface area contributed by atoms with Crippen LogP contribution in [0, 0.1) is 5.92 Å². The highest BCUT2D eigenvalue weighted by Crippen LogP contribution is 2.31. The highest BCUT2D eigenvalue weighted by atomic mass is 32.2. The van der Waals surface area contributed by atoms with Crippen LogP contribution < -0.4 is 58.5 Å². The van der Waals surface area contributed by atoms with Gasteiger partial charge in [-0.1, -0.05) is 149 Å². The summed E-state index contributed by atoms with van der Waals surface area (Å²) in [6.07, 6.45) is -0.187. The number of H-pyrrole nitrogens is 1. The maximum Gasteiger partial charge on any atom is 0.305 e. The summed E-state index contributed by atoms with van der Waals surface area (Å²) >= 11 is 0.824. The number of aromatic hydroxyl groups is 2. The molecule has 16 N–H and O–H groups in total. The number of phenols is 2. The van der Waals surface area contributed by atoms with Crippen molar-refractivity contribution >= 4 is 123 Å². The van der Waals surface area contributed by atoms with E-state index in [1.807, 2.05) is 6.92 Å². The lowest BCUT2D eigenvalue weighted by Gasteiger charge is -2.37. The van der Waals surface area contributed by atoms with E-state index in [2.05, 4.69) is 52.8 Å². The summed E-state index contributed by atoms with van der Waals surface area (Å²) in [5.41, 5.74) is 9.20. The number of carboxylic acid groups (broad SMARTS) is 1. The second-order valence-corrected chi connectivity index (χ2v) is 33.0. The molecule has 1 saturated heterocycles. The van der Waals surface area contributed by atoms with Crippen LogP contribution in [0.4, 0.5) is 5.69 Å². The Bertz CT molecular complexity index is 5100. The molecule has 1 fully saturated rings. The number of carboxylic acids is 1. The third-order valence-electron chi connectivity index (χ3n) is 21.7. The number of unbranched alkanes of at least 4 members (excludes halogenated alkanes) is 1. The standard InChI is InChI=1S/C90H110N16O20S/c1-8-9-27-72-89(125)103(5)48-77(112)95-67(44-79(114)115)84(120)100-70(49-107)88(124)104(6)73(41-54-21-14-11-15-22-54)85(121)99-68(40-56-30-34-61(109)35-31-56)86(122)102(4)47-76(111)94-66(43-58-45-92-63-26-17-16-25-62(58)63)83(119)98-65(38-55-28-32-60(108)33-29-55)82(118)97-64(36-52(2)3)81(117)101-71(80(116)93-46-75(91)110)50-127-51-78(113)96-69(39-53-19-12-10-13-20-53)87(123)105(7)74-42-57-23-18-24-59(37-57)106(72)90(74)126/h10-26,28-35,37,45,52,64-74,92,107-109H,8-9,27,36,38-44,46-51H2,1-7H3,(H2,91,110)(H,93,116)(H,94,111)(H,95,112)(H,96,113)(H,97,118)(H,98,119)(H,99,121)(H,100,120)(H,101,117)(H,114,115)/t64-,65-,66-,67-,68-,69-,70-,71-,72-,73-,74-/m0/s1. The van der Waals surface area contributed by atoms with Gasteiger partial charge >= 0.3 is 5.97 Å². The van der Waals surface area contributed by atoms with Gasteiger partial charge in [-0.05, 0) is 94.6 Å². The Kier molecular flexibility index (Phi) is 35.4. The summed E-state index contributed by atoms with van der Waals surface area (Å²) in [6.45, 7) is 1.78. The number of aliphatic hydroxyl groups is 1. The molecule has 7 aromatic rings. The number of likely N-dealkylation sites (N-methyl/N-ethyl adjacent to an activating group) is 4. The predicted octanol–water partition coefficient (Wildman–Crippen LogP) is 0.551. The van der Waals surface area contributed by atoms with Gasteiger partial charge in [0.25, 0.3) is 5.91 Å². The Hall–Kier alpha value is -13.7. The molecular formula is C90H110N16O20S. The number of anilines is 1. The van der Waals surface area contributed by atoms with Crippen LogP contribution in [0.2, 0.25) is 0 Å². The molecule has 0 saturated carbocycles. The number of amides is 15. The van der Waals surface area contributed by atoms with Crippen LogP contribution in [-0.2, 0) is 115 Å². The molecular weight excluding hydrogens is 1660 g/mol. The average Bonchev–Trinajstić information content (AvgIpc) is 1.67. The summed E-state index contributed by atoms with van der Waals surface area (Å²) in [7, 11) is 5.00. The molecule has 2 aliphatic rings. The van der Waals surface area contributed by atoms with Crippen molar-refractivity contribution in [3.05, 3.63) is 197 Å². The monoisotopic (exact) mass is 1770 g/mol. The summed E-state index contributed by atoms with van der Waals surface area (Å²) in [5.74, 6) is -17.4. The van der Waals surface area contributed by atoms with E-state index < -0.39 is 199 Å². The molecule has 9 rings (SSSR count). The molecule has 6 aromatic carbocycles. The molecule has 3 heterocycles. The number of aliphatic carboxylic acids is 1. The molecule has 0 unspecified atom stereocenters. The number of hydrogen-bond donors (Lipinski definition) is 15. The number of nitrogens with one attached hydrogen (secondary N) is 10. The number of para-hydroxylation sites is 1. The number of rotatable bonds is 21. The number of benzene rings is 6. The molecule has 127 heavy (non-hydrogen) atoms. The summed E-state index contributed by atoms with van der Waals surface area (Å²) in [6, 6.07) is 24.1. The van der Waals surface area contributed by atoms with Gasteiger partial charge in [-0.2, -0.15) is 0 Å². The minimum absolute atomic E-state index is 0.00348. The fraction of sp³-hybridized carbons (Fsp3) is 0.400. The van der Waals surface area contributed by atoms with Gasteiger partial charge < -0.3 is 98.6 Å². The zero-order valence-corrected chi connectivity index (χ0v) is 72.4. The van der Waals surface area contributed by atoms with Gasteiger partial charge in [-0.15, -0.1) is 11.8 Å². The SMILES string of the molecule is CCCC[C@H]1C(=O)N(C)CC(=O)N[C@@H](CC(=O)O)C(=O)N[C@@H](CO)C(=O)N(C)[C@@H](Cc2ccccc2)C(=O)N[C@@H](Cc2ccc(O)cc2)C(=O)N(C)CC(=O)N[C@@H](Cc2c[nH]c3ccccc23)C(=O)N[C@@H](Cc2ccc(O)cc2)C(=O)N[C@@H](CC(C)C)C(=O)N[C@H](C(=O)NCC(N)=O)CSCC(=O)N[C@@H](Cc2ccccc2)C(=O)N(C)[C@H]2Cc3cccc(c3)N1C2=O. The van der Waals surface area contributed by atoms with Gasteiger partial charge in [-0.3, -0.25) is 81.6 Å². The number of carbonyl (C=O) groups excluding carboxylic acids is 15. The number of aromatic amines is 1. The summed E-state index contributed by atoms with van der Waals surface area (Å²) in [5, 5.41) is 65.9. The third kappa shape index (κ3) is 27.9. The third-order valence-corrected chi connectivity index (χ3v) is 22.7. The maximum absolute atomic E-state index is 15.6. The minimum atomic E-state index is -2.01. The number of fused-ring (bicyclic) bond motifs is 6. The van der Waals surface area contributed by atoms with Crippen LogP contribution in [0.3, 0.4) is 0 Å². The van der Waals surface area contributed by atoms with Gasteiger partial charge in [0.05, 0.1) is 38.4 Å². The number of carbonyl (C=O) groups is 16. The first-order valence-corrected chi connectivity index (χ1v) is 42.7. The second-order valence-electron chi connectivity index (χ2n) is 32.0. The van der Waals surface area contributed by atoms with Crippen LogP contribution in [0.1, 0.15) is 86.3 Å². The largest absolute Gasteiger partial charge is 0.508 e. The molecule has 4 bridgehead atoms. The number of primary amides is 1. The van der Waals surface area contributed by atoms with Crippen molar-refractivity contribution in [1.29, 1.82) is 0 Å². The van der Waals surface area contributed by atoms with Gasteiger partial charge in [0.1, 0.15) is 78.0 Å². The van der Waals surface area contributed by atoms with E-state index >= 15 is 33.6 Å². The maximum atomic E-state index is 15.6. The molecule has 15 amide bonds. The van der Waals surface area contributed by atoms with Crippen molar-refractivity contribution in [2.75, 3.05) is 70.8 Å². The van der Waals surface area contributed by atoms with Crippen LogP contribution >= 0.6 is 11.8 Å². The number of phenolic OH excluding ortho intramolecular Hbond substituents is 2. The Morgan fingerprint density at radius 1 is 0.512 bits per heavy atom. The number of thioether (sulfide) groups is 1. The van der Waals surface area contributed by atoms with Crippen LogP contribution in [0.25, 0.3) is 10.9 Å². The van der Waals surface area contributed by atoms with Crippen LogP contribution in [0.5, 0.6) is 11.5 Å². The minimum Gasteiger partial charge on any atom is -0.508 e. The Morgan fingerprint density at radius 2 is 1.02 bits per heavy atom. The van der Waals surface area contributed by atoms with Crippen molar-refractivity contribution in [1.82, 2.24) is 72.4 Å². The lowest BCUT2D eigenvalue weighted by Crippen LogP contribution is -2.61. The Labute approximate surface area is 738 Å². The number of aliphatic hydroxyl groups excluding tert-OH is 1. The second kappa shape index (κ2) is 46.3. The topological polar surface area (TPSA) is 520 Å². The quantitative estimate of drug-likeness (QED) is 0.0467. The van der Waals surface area contributed by atoms with Gasteiger partial charge in [-0.25, -0.2) is 0 Å².